The van der Waals surface area contributed by atoms with Crippen LogP contribution in [-0.4, -0.2) is 21.1 Å². The summed E-state index contributed by atoms with van der Waals surface area (Å²) in [5.74, 6) is 0.738. The lowest BCUT2D eigenvalue weighted by atomic mass is 10.1. The number of fused-ring (bicyclic) bond motifs is 1. The van der Waals surface area contributed by atoms with Crippen LogP contribution < -0.4 is 9.46 Å². The van der Waals surface area contributed by atoms with Crippen molar-refractivity contribution in [2.75, 3.05) is 6.61 Å². The predicted molar refractivity (Wildman–Crippen MR) is 92.3 cm³/mol. The largest absolute Gasteiger partial charge is 0.493 e. The van der Waals surface area contributed by atoms with Crippen molar-refractivity contribution < 1.29 is 13.2 Å². The molecule has 0 radical (unpaired) electrons. The van der Waals surface area contributed by atoms with E-state index in [9.17, 15) is 8.42 Å². The maximum atomic E-state index is 12.8. The highest BCUT2D eigenvalue weighted by Crippen LogP contribution is 2.32. The van der Waals surface area contributed by atoms with Crippen molar-refractivity contribution >= 4 is 20.8 Å². The van der Waals surface area contributed by atoms with Gasteiger partial charge in [-0.15, -0.1) is 0 Å². The summed E-state index contributed by atoms with van der Waals surface area (Å²) in [5, 5.41) is 1.56. The summed E-state index contributed by atoms with van der Waals surface area (Å²) in [6.07, 6.45) is 4.96. The van der Waals surface area contributed by atoms with E-state index < -0.39 is 10.0 Å². The third kappa shape index (κ3) is 3.51. The van der Waals surface area contributed by atoms with E-state index in [0.29, 0.717) is 16.9 Å². The van der Waals surface area contributed by atoms with Crippen LogP contribution in [0.25, 0.3) is 10.8 Å². The fourth-order valence-corrected chi connectivity index (χ4v) is 4.66. The Kier molecular flexibility index (Phi) is 4.87. The van der Waals surface area contributed by atoms with Crippen LogP contribution in [0.4, 0.5) is 0 Å². The minimum Gasteiger partial charge on any atom is -0.493 e. The molecule has 0 atom stereocenters. The average Bonchev–Trinajstić information content (AvgIpc) is 3.04. The lowest BCUT2D eigenvalue weighted by molar-refractivity contribution is 0.321. The van der Waals surface area contributed by atoms with E-state index in [-0.39, 0.29) is 6.04 Å². The maximum Gasteiger partial charge on any atom is 0.241 e. The Morgan fingerprint density at radius 1 is 1.09 bits per heavy atom. The van der Waals surface area contributed by atoms with Crippen molar-refractivity contribution in [3.63, 3.8) is 0 Å². The predicted octanol–water partition coefficient (Wildman–Crippen LogP) is 3.85. The second kappa shape index (κ2) is 6.89. The van der Waals surface area contributed by atoms with Gasteiger partial charge in [-0.2, -0.15) is 0 Å². The molecule has 1 aliphatic carbocycles. The first-order valence-corrected chi connectivity index (χ1v) is 9.77. The Hall–Kier alpha value is -1.59. The van der Waals surface area contributed by atoms with Crippen LogP contribution in [0.5, 0.6) is 5.75 Å². The van der Waals surface area contributed by atoms with Gasteiger partial charge in [0.25, 0.3) is 0 Å². The highest BCUT2D eigenvalue weighted by molar-refractivity contribution is 7.89. The molecule has 2 aromatic carbocycles. The third-order valence-corrected chi connectivity index (χ3v) is 5.85. The van der Waals surface area contributed by atoms with Crippen molar-refractivity contribution in [2.45, 2.75) is 50.0 Å². The summed E-state index contributed by atoms with van der Waals surface area (Å²) in [7, 11) is -3.51. The number of rotatable bonds is 6. The Labute approximate surface area is 137 Å². The second-order valence-electron chi connectivity index (χ2n) is 6.06. The van der Waals surface area contributed by atoms with E-state index in [2.05, 4.69) is 4.72 Å². The molecule has 0 aromatic heterocycles. The minimum absolute atomic E-state index is 0.0646. The van der Waals surface area contributed by atoms with E-state index in [1.54, 1.807) is 12.1 Å². The first kappa shape index (κ1) is 16.3. The maximum absolute atomic E-state index is 12.8. The van der Waals surface area contributed by atoms with E-state index in [1.807, 2.05) is 31.2 Å². The summed E-state index contributed by atoms with van der Waals surface area (Å²) < 4.78 is 34.2. The lowest BCUT2D eigenvalue weighted by Crippen LogP contribution is -2.32. The highest BCUT2D eigenvalue weighted by atomic mass is 32.2. The topological polar surface area (TPSA) is 55.4 Å². The molecule has 23 heavy (non-hydrogen) atoms. The molecule has 5 heteroatoms. The van der Waals surface area contributed by atoms with E-state index in [4.69, 9.17) is 4.74 Å². The van der Waals surface area contributed by atoms with Crippen LogP contribution in [-0.2, 0) is 10.0 Å². The summed E-state index contributed by atoms with van der Waals surface area (Å²) in [6.45, 7) is 2.67. The first-order chi connectivity index (χ1) is 11.1. The second-order valence-corrected chi connectivity index (χ2v) is 7.74. The zero-order valence-electron chi connectivity index (χ0n) is 13.4. The van der Waals surface area contributed by atoms with Gasteiger partial charge in [0.15, 0.2) is 0 Å². The number of hydrogen-bond acceptors (Lipinski definition) is 3. The minimum atomic E-state index is -3.51. The van der Waals surface area contributed by atoms with Crippen LogP contribution in [0, 0.1) is 0 Å². The normalized spacial score (nSPS) is 16.0. The number of ether oxygens (including phenoxy) is 1. The van der Waals surface area contributed by atoms with Crippen LogP contribution in [0.2, 0.25) is 0 Å². The van der Waals surface area contributed by atoms with Crippen LogP contribution in [0.1, 0.15) is 39.0 Å². The molecule has 1 aliphatic rings. The first-order valence-electron chi connectivity index (χ1n) is 8.28. The van der Waals surface area contributed by atoms with Gasteiger partial charge in [0.2, 0.25) is 10.0 Å². The molecular formula is C18H23NO3S. The molecule has 0 saturated heterocycles. The van der Waals surface area contributed by atoms with Gasteiger partial charge < -0.3 is 4.74 Å². The molecule has 1 fully saturated rings. The zero-order valence-corrected chi connectivity index (χ0v) is 14.2. The summed E-state index contributed by atoms with van der Waals surface area (Å²) in [6, 6.07) is 11.0. The Bertz CT molecular complexity index is 780. The standard InChI is InChI=1S/C18H23NO3S/c1-2-13-22-17-11-12-18(16-10-6-5-9-15(16)17)23(20,21)19-14-7-3-4-8-14/h5-6,9-12,14,19H,2-4,7-8,13H2,1H3. The highest BCUT2D eigenvalue weighted by Gasteiger charge is 2.24. The van der Waals surface area contributed by atoms with Crippen LogP contribution in [0.15, 0.2) is 41.3 Å². The Balaban J connectivity index is 2.00. The van der Waals surface area contributed by atoms with Crippen molar-refractivity contribution in [2.24, 2.45) is 0 Å². The average molecular weight is 333 g/mol. The van der Waals surface area contributed by atoms with Gasteiger partial charge in [0.1, 0.15) is 5.75 Å². The molecule has 0 amide bonds. The number of benzene rings is 2. The molecule has 124 valence electrons. The van der Waals surface area contributed by atoms with E-state index in [1.165, 1.54) is 0 Å². The monoisotopic (exact) mass is 333 g/mol. The molecule has 0 bridgehead atoms. The summed E-state index contributed by atoms with van der Waals surface area (Å²) >= 11 is 0. The summed E-state index contributed by atoms with van der Waals surface area (Å²) in [4.78, 5) is 0.337. The lowest BCUT2D eigenvalue weighted by Gasteiger charge is -2.16. The molecule has 0 spiro atoms. The van der Waals surface area contributed by atoms with Crippen molar-refractivity contribution in [3.8, 4) is 5.75 Å². The summed E-state index contributed by atoms with van der Waals surface area (Å²) in [5.41, 5.74) is 0. The van der Waals surface area contributed by atoms with Gasteiger partial charge in [0, 0.05) is 16.8 Å². The quantitative estimate of drug-likeness (QED) is 0.873. The van der Waals surface area contributed by atoms with Crippen LogP contribution >= 0.6 is 0 Å². The molecule has 0 unspecified atom stereocenters. The van der Waals surface area contributed by atoms with Gasteiger partial charge in [-0.25, -0.2) is 13.1 Å². The van der Waals surface area contributed by atoms with Crippen LogP contribution in [0.3, 0.4) is 0 Å². The van der Waals surface area contributed by atoms with Crippen molar-refractivity contribution in [1.29, 1.82) is 0 Å². The molecule has 4 nitrogen and oxygen atoms in total. The van der Waals surface area contributed by atoms with Gasteiger partial charge in [-0.1, -0.05) is 44.0 Å². The molecular weight excluding hydrogens is 310 g/mol. The number of nitrogens with one attached hydrogen (secondary N) is 1. The van der Waals surface area contributed by atoms with Gasteiger partial charge in [-0.05, 0) is 31.4 Å². The Morgan fingerprint density at radius 2 is 1.78 bits per heavy atom. The van der Waals surface area contributed by atoms with E-state index in [0.717, 1.165) is 43.2 Å². The van der Waals surface area contributed by atoms with Crippen molar-refractivity contribution in [3.05, 3.63) is 36.4 Å². The fraction of sp³-hybridized carbons (Fsp3) is 0.444. The molecule has 2 aromatic rings. The van der Waals surface area contributed by atoms with Gasteiger partial charge >= 0.3 is 0 Å². The number of hydrogen-bond donors (Lipinski definition) is 1. The molecule has 0 heterocycles. The smallest absolute Gasteiger partial charge is 0.241 e. The van der Waals surface area contributed by atoms with E-state index >= 15 is 0 Å². The molecule has 1 saturated carbocycles. The van der Waals surface area contributed by atoms with Gasteiger partial charge in [0.05, 0.1) is 11.5 Å². The van der Waals surface area contributed by atoms with Gasteiger partial charge in [-0.3, -0.25) is 0 Å². The number of sulfonamides is 1. The third-order valence-electron chi connectivity index (χ3n) is 4.27. The SMILES string of the molecule is CCCOc1ccc(S(=O)(=O)NC2CCCC2)c2ccccc12. The fourth-order valence-electron chi connectivity index (χ4n) is 3.14. The van der Waals surface area contributed by atoms with Crippen molar-refractivity contribution in [1.82, 2.24) is 4.72 Å². The molecule has 1 N–H and O–H groups in total. The Morgan fingerprint density at radius 3 is 2.48 bits per heavy atom. The molecule has 0 aliphatic heterocycles. The molecule has 3 rings (SSSR count). The zero-order chi connectivity index (χ0) is 16.3.